The zero-order valence-electron chi connectivity index (χ0n) is 13.4. The van der Waals surface area contributed by atoms with E-state index in [4.69, 9.17) is 0 Å². The Hall–Kier alpha value is -0.810. The van der Waals surface area contributed by atoms with Gasteiger partial charge in [-0.3, -0.25) is 9.89 Å². The number of rotatable bonds is 6. The summed E-state index contributed by atoms with van der Waals surface area (Å²) in [5.74, 6) is 1.84. The molecule has 1 unspecified atom stereocenters. The van der Waals surface area contributed by atoms with Crippen molar-refractivity contribution < 1.29 is 0 Å². The molecule has 5 nitrogen and oxygen atoms in total. The molecule has 116 valence electrons. The number of nitrogens with zero attached hydrogens (tertiary/aromatic N) is 3. The molecule has 0 aromatic heterocycles. The molecule has 2 aliphatic rings. The number of piperazine rings is 1. The predicted octanol–water partition coefficient (Wildman–Crippen LogP) is 0.587. The number of aliphatic imine (C=N–C) groups is 1. The molecule has 2 fully saturated rings. The molecule has 1 saturated carbocycles. The van der Waals surface area contributed by atoms with E-state index < -0.39 is 0 Å². The average Bonchev–Trinajstić information content (AvgIpc) is 3.31. The summed E-state index contributed by atoms with van der Waals surface area (Å²) in [6.45, 7) is 12.6. The van der Waals surface area contributed by atoms with Crippen molar-refractivity contribution in [2.75, 3.05) is 52.9 Å². The average molecular weight is 281 g/mol. The van der Waals surface area contributed by atoms with Crippen molar-refractivity contribution in [2.24, 2.45) is 10.9 Å². The van der Waals surface area contributed by atoms with Crippen LogP contribution in [0.5, 0.6) is 0 Å². The van der Waals surface area contributed by atoms with Crippen LogP contribution >= 0.6 is 0 Å². The Morgan fingerprint density at radius 3 is 2.45 bits per heavy atom. The van der Waals surface area contributed by atoms with E-state index in [0.29, 0.717) is 6.04 Å². The molecule has 0 aromatic rings. The summed E-state index contributed by atoms with van der Waals surface area (Å²) < 4.78 is 0. The van der Waals surface area contributed by atoms with Crippen molar-refractivity contribution in [3.63, 3.8) is 0 Å². The standard InChI is InChI=1S/C15H31N5/c1-4-19-7-9-20(10-8-19)13(2)11-17-15(16-3)18-12-14-5-6-14/h13-14H,4-12H2,1-3H3,(H2,16,17,18). The summed E-state index contributed by atoms with van der Waals surface area (Å²) >= 11 is 0. The molecule has 0 bridgehead atoms. The molecule has 1 atom stereocenters. The molecule has 2 rings (SSSR count). The second kappa shape index (κ2) is 7.84. The number of hydrogen-bond donors (Lipinski definition) is 2. The van der Waals surface area contributed by atoms with E-state index in [1.54, 1.807) is 0 Å². The van der Waals surface area contributed by atoms with E-state index in [-0.39, 0.29) is 0 Å². The molecule has 0 amide bonds. The lowest BCUT2D eigenvalue weighted by Gasteiger charge is -2.37. The van der Waals surface area contributed by atoms with Crippen molar-refractivity contribution in [1.82, 2.24) is 20.4 Å². The third-order valence-electron chi connectivity index (χ3n) is 4.52. The van der Waals surface area contributed by atoms with Gasteiger partial charge in [0.05, 0.1) is 0 Å². The van der Waals surface area contributed by atoms with Crippen LogP contribution in [0, 0.1) is 5.92 Å². The van der Waals surface area contributed by atoms with Gasteiger partial charge in [-0.15, -0.1) is 0 Å². The Kier molecular flexibility index (Phi) is 6.10. The maximum atomic E-state index is 4.30. The molecule has 5 heteroatoms. The van der Waals surface area contributed by atoms with Crippen molar-refractivity contribution in [3.8, 4) is 0 Å². The first-order valence-corrected chi connectivity index (χ1v) is 8.13. The van der Waals surface area contributed by atoms with Gasteiger partial charge in [-0.05, 0) is 32.2 Å². The Bertz CT molecular complexity index is 305. The number of hydrogen-bond acceptors (Lipinski definition) is 3. The molecule has 1 heterocycles. The summed E-state index contributed by atoms with van der Waals surface area (Å²) in [5, 5.41) is 6.88. The predicted molar refractivity (Wildman–Crippen MR) is 85.2 cm³/mol. The molecule has 1 aliphatic heterocycles. The Balaban J connectivity index is 1.64. The molecule has 2 N–H and O–H groups in total. The van der Waals surface area contributed by atoms with Gasteiger partial charge in [-0.25, -0.2) is 0 Å². The first-order valence-electron chi connectivity index (χ1n) is 8.13. The van der Waals surface area contributed by atoms with Crippen molar-refractivity contribution >= 4 is 5.96 Å². The summed E-state index contributed by atoms with van der Waals surface area (Å²) in [6.07, 6.45) is 2.75. The van der Waals surface area contributed by atoms with Crippen molar-refractivity contribution in [2.45, 2.75) is 32.7 Å². The Labute approximate surface area is 123 Å². The summed E-state index contributed by atoms with van der Waals surface area (Å²) in [5.41, 5.74) is 0. The minimum Gasteiger partial charge on any atom is -0.356 e. The van der Waals surface area contributed by atoms with Crippen LogP contribution in [0.2, 0.25) is 0 Å². The van der Waals surface area contributed by atoms with E-state index in [0.717, 1.165) is 25.0 Å². The third-order valence-corrected chi connectivity index (χ3v) is 4.52. The lowest BCUT2D eigenvalue weighted by atomic mass is 10.2. The lowest BCUT2D eigenvalue weighted by molar-refractivity contribution is 0.107. The minimum absolute atomic E-state index is 0.563. The minimum atomic E-state index is 0.563. The monoisotopic (exact) mass is 281 g/mol. The van der Waals surface area contributed by atoms with E-state index in [9.17, 15) is 0 Å². The highest BCUT2D eigenvalue weighted by molar-refractivity contribution is 5.79. The summed E-state index contributed by atoms with van der Waals surface area (Å²) in [4.78, 5) is 9.40. The number of likely N-dealkylation sites (N-methyl/N-ethyl adjacent to an activating group) is 1. The van der Waals surface area contributed by atoms with Crippen LogP contribution in [-0.2, 0) is 0 Å². The zero-order valence-corrected chi connectivity index (χ0v) is 13.4. The van der Waals surface area contributed by atoms with Crippen LogP contribution in [-0.4, -0.2) is 74.7 Å². The van der Waals surface area contributed by atoms with Gasteiger partial charge in [0, 0.05) is 52.4 Å². The van der Waals surface area contributed by atoms with Gasteiger partial charge in [0.2, 0.25) is 0 Å². The van der Waals surface area contributed by atoms with E-state index >= 15 is 0 Å². The van der Waals surface area contributed by atoms with Gasteiger partial charge in [-0.2, -0.15) is 0 Å². The first kappa shape index (κ1) is 15.6. The Morgan fingerprint density at radius 1 is 1.20 bits per heavy atom. The molecule has 1 aliphatic carbocycles. The first-order chi connectivity index (χ1) is 9.72. The fourth-order valence-corrected chi connectivity index (χ4v) is 2.68. The van der Waals surface area contributed by atoms with Crippen LogP contribution < -0.4 is 10.6 Å². The van der Waals surface area contributed by atoms with Gasteiger partial charge in [0.25, 0.3) is 0 Å². The topological polar surface area (TPSA) is 42.9 Å². The fourth-order valence-electron chi connectivity index (χ4n) is 2.68. The quantitative estimate of drug-likeness (QED) is 0.552. The highest BCUT2D eigenvalue weighted by atomic mass is 15.3. The number of nitrogens with one attached hydrogen (secondary N) is 2. The maximum Gasteiger partial charge on any atom is 0.191 e. The van der Waals surface area contributed by atoms with E-state index in [2.05, 4.69) is 39.3 Å². The van der Waals surface area contributed by atoms with Crippen LogP contribution in [0.1, 0.15) is 26.7 Å². The SMILES string of the molecule is CCN1CCN(C(C)CNC(=NC)NCC2CC2)CC1. The van der Waals surface area contributed by atoms with Crippen molar-refractivity contribution in [3.05, 3.63) is 0 Å². The molecular formula is C15H31N5. The van der Waals surface area contributed by atoms with Gasteiger partial charge < -0.3 is 15.5 Å². The molecular weight excluding hydrogens is 250 g/mol. The van der Waals surface area contributed by atoms with Crippen molar-refractivity contribution in [1.29, 1.82) is 0 Å². The van der Waals surface area contributed by atoms with Gasteiger partial charge in [0.1, 0.15) is 0 Å². The molecule has 0 spiro atoms. The lowest BCUT2D eigenvalue weighted by Crippen LogP contribution is -2.53. The van der Waals surface area contributed by atoms with Crippen LogP contribution in [0.15, 0.2) is 4.99 Å². The second-order valence-electron chi connectivity index (χ2n) is 6.10. The van der Waals surface area contributed by atoms with Crippen LogP contribution in [0.4, 0.5) is 0 Å². The van der Waals surface area contributed by atoms with Crippen LogP contribution in [0.25, 0.3) is 0 Å². The van der Waals surface area contributed by atoms with Gasteiger partial charge in [0.15, 0.2) is 5.96 Å². The largest absolute Gasteiger partial charge is 0.356 e. The Morgan fingerprint density at radius 2 is 1.90 bits per heavy atom. The van der Waals surface area contributed by atoms with Crippen LogP contribution in [0.3, 0.4) is 0 Å². The highest BCUT2D eigenvalue weighted by Gasteiger charge is 2.22. The smallest absolute Gasteiger partial charge is 0.191 e. The third kappa shape index (κ3) is 4.94. The summed E-state index contributed by atoms with van der Waals surface area (Å²) in [6, 6.07) is 0.563. The second-order valence-corrected chi connectivity index (χ2v) is 6.10. The molecule has 0 radical (unpaired) electrons. The van der Waals surface area contributed by atoms with E-state index in [1.165, 1.54) is 45.6 Å². The normalized spacial score (nSPS) is 23.6. The summed E-state index contributed by atoms with van der Waals surface area (Å²) in [7, 11) is 1.85. The van der Waals surface area contributed by atoms with E-state index in [1.807, 2.05) is 7.05 Å². The fraction of sp³-hybridized carbons (Fsp3) is 0.933. The molecule has 1 saturated heterocycles. The molecule has 20 heavy (non-hydrogen) atoms. The highest BCUT2D eigenvalue weighted by Crippen LogP contribution is 2.27. The maximum absolute atomic E-state index is 4.30. The number of guanidine groups is 1. The zero-order chi connectivity index (χ0) is 14.4. The van der Waals surface area contributed by atoms with Gasteiger partial charge in [-0.1, -0.05) is 6.92 Å². The van der Waals surface area contributed by atoms with Gasteiger partial charge >= 0.3 is 0 Å². The molecule has 0 aromatic carbocycles.